The number of nitrogens with zero attached hydrogens (tertiary/aromatic N) is 5. The minimum Gasteiger partial charge on any atom is -0.417 e. The average molecular weight is 353 g/mol. The predicted octanol–water partition coefficient (Wildman–Crippen LogP) is 2.23. The van der Waals surface area contributed by atoms with Crippen molar-refractivity contribution in [2.24, 2.45) is 0 Å². The van der Waals surface area contributed by atoms with Crippen LogP contribution in [0.15, 0.2) is 18.5 Å². The molecule has 25 heavy (non-hydrogen) atoms. The van der Waals surface area contributed by atoms with E-state index in [4.69, 9.17) is 0 Å². The molecule has 0 fully saturated rings. The van der Waals surface area contributed by atoms with Crippen LogP contribution in [0.25, 0.3) is 11.2 Å². The summed E-state index contributed by atoms with van der Waals surface area (Å²) < 4.78 is 30.2. The van der Waals surface area contributed by atoms with Crippen molar-refractivity contribution in [3.8, 4) is 5.88 Å². The molecule has 3 aromatic heterocycles. The smallest absolute Gasteiger partial charge is 0.388 e. The molecular weight excluding hydrogens is 336 g/mol. The number of rotatable bonds is 7. The van der Waals surface area contributed by atoms with Gasteiger partial charge in [-0.05, 0) is 13.3 Å². The van der Waals surface area contributed by atoms with Crippen LogP contribution in [0.1, 0.15) is 26.3 Å². The van der Waals surface area contributed by atoms with E-state index in [1.54, 1.807) is 17.8 Å². The molecule has 0 saturated carbocycles. The summed E-state index contributed by atoms with van der Waals surface area (Å²) in [5.41, 5.74) is 1.07. The van der Waals surface area contributed by atoms with Crippen molar-refractivity contribution in [3.63, 3.8) is 0 Å². The van der Waals surface area contributed by atoms with Gasteiger partial charge in [0.25, 0.3) is 0 Å². The fraction of sp³-hybridized carbons (Fsp3) is 0.429. The lowest BCUT2D eigenvalue weighted by Crippen LogP contribution is -2.22. The van der Waals surface area contributed by atoms with Gasteiger partial charge in [0, 0.05) is 6.07 Å². The molecule has 9 nitrogen and oxygen atoms in total. The van der Waals surface area contributed by atoms with E-state index < -0.39 is 12.7 Å². The Morgan fingerprint density at radius 1 is 1.36 bits per heavy atom. The minimum atomic E-state index is -2.94. The fourth-order valence-electron chi connectivity index (χ4n) is 2.50. The highest BCUT2D eigenvalue weighted by Crippen LogP contribution is 2.23. The van der Waals surface area contributed by atoms with Crippen LogP contribution in [0.3, 0.4) is 0 Å². The first kappa shape index (κ1) is 17.0. The van der Waals surface area contributed by atoms with Crippen molar-refractivity contribution >= 4 is 22.8 Å². The molecule has 3 aromatic rings. The highest BCUT2D eigenvalue weighted by molar-refractivity contribution is 5.72. The van der Waals surface area contributed by atoms with Gasteiger partial charge in [-0.1, -0.05) is 6.92 Å². The van der Waals surface area contributed by atoms with Crippen molar-refractivity contribution in [1.82, 2.24) is 29.9 Å². The van der Waals surface area contributed by atoms with Gasteiger partial charge in [-0.25, -0.2) is 19.7 Å². The van der Waals surface area contributed by atoms with E-state index in [2.05, 4.69) is 35.3 Å². The molecule has 0 radical (unpaired) electrons. The van der Waals surface area contributed by atoms with Crippen LogP contribution < -0.4 is 10.1 Å². The van der Waals surface area contributed by atoms with Gasteiger partial charge in [0.1, 0.15) is 5.52 Å². The molecule has 11 heteroatoms. The third-order valence-electron chi connectivity index (χ3n) is 3.62. The Hall–Kier alpha value is -2.82. The number of anilines is 2. The summed E-state index contributed by atoms with van der Waals surface area (Å²) in [5.74, 6) is 0.430. The van der Waals surface area contributed by atoms with Gasteiger partial charge in [0.15, 0.2) is 17.3 Å². The van der Waals surface area contributed by atoms with E-state index in [-0.39, 0.29) is 17.7 Å². The molecule has 3 N–H and O–H groups in total. The van der Waals surface area contributed by atoms with Crippen molar-refractivity contribution in [3.05, 3.63) is 18.5 Å². The number of aliphatic hydroxyl groups is 1. The molecule has 0 spiro atoms. The van der Waals surface area contributed by atoms with Gasteiger partial charge >= 0.3 is 6.61 Å². The van der Waals surface area contributed by atoms with Crippen LogP contribution in [0.4, 0.5) is 20.4 Å². The molecule has 0 aromatic carbocycles. The second kappa shape index (κ2) is 6.97. The van der Waals surface area contributed by atoms with Crippen molar-refractivity contribution in [2.45, 2.75) is 39.0 Å². The number of ether oxygens (including phenoxy) is 1. The minimum absolute atomic E-state index is 0.170. The van der Waals surface area contributed by atoms with Gasteiger partial charge in [-0.15, -0.1) is 0 Å². The number of halogens is 2. The van der Waals surface area contributed by atoms with Crippen LogP contribution in [0.5, 0.6) is 5.88 Å². The van der Waals surface area contributed by atoms with E-state index in [0.717, 1.165) is 0 Å². The molecule has 0 bridgehead atoms. The SMILES string of the molecule is CC[C@@H]([C@H](C)O)n1ncc2ncc(Nc3cc(OC(F)F)[nH]n3)nc21. The Labute approximate surface area is 141 Å². The zero-order valence-electron chi connectivity index (χ0n) is 13.5. The topological polar surface area (TPSA) is 114 Å². The molecule has 0 aliphatic heterocycles. The third-order valence-corrected chi connectivity index (χ3v) is 3.62. The van der Waals surface area contributed by atoms with E-state index >= 15 is 0 Å². The molecule has 134 valence electrons. The molecule has 3 rings (SSSR count). The van der Waals surface area contributed by atoms with E-state index in [0.29, 0.717) is 23.4 Å². The Morgan fingerprint density at radius 2 is 2.16 bits per heavy atom. The molecule has 0 unspecified atom stereocenters. The van der Waals surface area contributed by atoms with Crippen LogP contribution in [-0.4, -0.2) is 47.8 Å². The summed E-state index contributed by atoms with van der Waals surface area (Å²) in [6, 6.07) is 1.04. The van der Waals surface area contributed by atoms with E-state index in [1.807, 2.05) is 6.92 Å². The second-order valence-corrected chi connectivity index (χ2v) is 5.39. The van der Waals surface area contributed by atoms with E-state index in [1.165, 1.54) is 12.3 Å². The largest absolute Gasteiger partial charge is 0.417 e. The van der Waals surface area contributed by atoms with Crippen molar-refractivity contribution in [1.29, 1.82) is 0 Å². The maximum atomic E-state index is 12.2. The number of hydrogen-bond acceptors (Lipinski definition) is 7. The first-order chi connectivity index (χ1) is 12.0. The average Bonchev–Trinajstić information content (AvgIpc) is 3.15. The van der Waals surface area contributed by atoms with Crippen LogP contribution >= 0.6 is 0 Å². The number of nitrogens with one attached hydrogen (secondary N) is 2. The van der Waals surface area contributed by atoms with Crippen LogP contribution in [0.2, 0.25) is 0 Å². The number of H-pyrrole nitrogens is 1. The Kier molecular flexibility index (Phi) is 4.74. The fourth-order valence-corrected chi connectivity index (χ4v) is 2.50. The summed E-state index contributed by atoms with van der Waals surface area (Å²) in [4.78, 5) is 8.67. The summed E-state index contributed by atoms with van der Waals surface area (Å²) in [5, 5.41) is 23.1. The zero-order chi connectivity index (χ0) is 18.0. The number of alkyl halides is 2. The van der Waals surface area contributed by atoms with Gasteiger partial charge in [-0.2, -0.15) is 19.0 Å². The van der Waals surface area contributed by atoms with Gasteiger partial charge in [-0.3, -0.25) is 0 Å². The number of aromatic amines is 1. The highest BCUT2D eigenvalue weighted by atomic mass is 19.3. The lowest BCUT2D eigenvalue weighted by Gasteiger charge is -2.19. The van der Waals surface area contributed by atoms with Crippen molar-refractivity contribution < 1.29 is 18.6 Å². The third kappa shape index (κ3) is 3.65. The summed E-state index contributed by atoms with van der Waals surface area (Å²) in [6.45, 7) is 0.686. The van der Waals surface area contributed by atoms with Crippen LogP contribution in [0, 0.1) is 0 Å². The molecule has 0 saturated heterocycles. The molecular formula is C14H17F2N7O2. The summed E-state index contributed by atoms with van der Waals surface area (Å²) in [6.07, 6.45) is 3.11. The number of fused-ring (bicyclic) bond motifs is 1. The van der Waals surface area contributed by atoms with Crippen LogP contribution in [-0.2, 0) is 0 Å². The summed E-state index contributed by atoms with van der Waals surface area (Å²) in [7, 11) is 0. The lowest BCUT2D eigenvalue weighted by atomic mass is 10.1. The lowest BCUT2D eigenvalue weighted by molar-refractivity contribution is -0.0528. The predicted molar refractivity (Wildman–Crippen MR) is 84.8 cm³/mol. The molecule has 3 heterocycles. The quantitative estimate of drug-likeness (QED) is 0.597. The van der Waals surface area contributed by atoms with Gasteiger partial charge in [0.2, 0.25) is 5.88 Å². The molecule has 0 aliphatic carbocycles. The molecule has 0 amide bonds. The Bertz CT molecular complexity index is 849. The maximum absolute atomic E-state index is 12.2. The highest BCUT2D eigenvalue weighted by Gasteiger charge is 2.19. The maximum Gasteiger partial charge on any atom is 0.388 e. The number of hydrogen-bond donors (Lipinski definition) is 3. The second-order valence-electron chi connectivity index (χ2n) is 5.39. The first-order valence-corrected chi connectivity index (χ1v) is 7.63. The summed E-state index contributed by atoms with van der Waals surface area (Å²) >= 11 is 0. The standard InChI is InChI=1S/C14H17F2N7O2/c1-3-9(7(2)24)23-13-8(5-18-23)17-6-11(20-13)19-10-4-12(22-21-10)25-14(15)16/h4-7,9,14,24H,3H2,1-2H3,(H2,19,20,21,22)/t7-,9-/m0/s1. The van der Waals surface area contributed by atoms with Gasteiger partial charge < -0.3 is 15.2 Å². The zero-order valence-corrected chi connectivity index (χ0v) is 13.5. The molecule has 2 atom stereocenters. The number of aromatic nitrogens is 6. The Morgan fingerprint density at radius 3 is 2.84 bits per heavy atom. The van der Waals surface area contributed by atoms with Gasteiger partial charge in [0.05, 0.1) is 24.5 Å². The van der Waals surface area contributed by atoms with Crippen molar-refractivity contribution in [2.75, 3.05) is 5.32 Å². The first-order valence-electron chi connectivity index (χ1n) is 7.63. The number of aliphatic hydroxyl groups excluding tert-OH is 1. The normalized spacial score (nSPS) is 14.0. The van der Waals surface area contributed by atoms with E-state index in [9.17, 15) is 13.9 Å². The monoisotopic (exact) mass is 353 g/mol. The molecule has 0 aliphatic rings. The Balaban J connectivity index is 1.86.